The third-order valence-electron chi connectivity index (χ3n) is 3.59. The van der Waals surface area contributed by atoms with Crippen molar-refractivity contribution in [3.8, 4) is 0 Å². The van der Waals surface area contributed by atoms with E-state index in [0.717, 1.165) is 16.7 Å². The van der Waals surface area contributed by atoms with Crippen molar-refractivity contribution in [2.45, 2.75) is 31.7 Å². The number of hydrogen-bond acceptors (Lipinski definition) is 4. The van der Waals surface area contributed by atoms with E-state index in [9.17, 15) is 18.5 Å². The van der Waals surface area contributed by atoms with Gasteiger partial charge in [-0.3, -0.25) is 10.1 Å². The molecular formula is C16H18N2O4S. The first-order valence-electron chi connectivity index (χ1n) is 7.04. The van der Waals surface area contributed by atoms with Gasteiger partial charge in [0.1, 0.15) is 0 Å². The highest BCUT2D eigenvalue weighted by molar-refractivity contribution is 7.89. The standard InChI is InChI=1S/C16H18N2O4S/c1-11-4-5-12(2)16(10-11)13(3)17-23(21,22)15-8-6-14(7-9-15)18(19)20/h4-10,13,17H,1-3H3. The summed E-state index contributed by atoms with van der Waals surface area (Å²) in [5.41, 5.74) is 2.79. The van der Waals surface area contributed by atoms with Crippen LogP contribution in [0.25, 0.3) is 0 Å². The maximum atomic E-state index is 12.4. The fourth-order valence-corrected chi connectivity index (χ4v) is 3.56. The summed E-state index contributed by atoms with van der Waals surface area (Å²) < 4.78 is 27.4. The van der Waals surface area contributed by atoms with Crippen LogP contribution >= 0.6 is 0 Å². The van der Waals surface area contributed by atoms with Crippen LogP contribution in [0.1, 0.15) is 29.7 Å². The Kier molecular flexibility index (Phi) is 4.82. The molecule has 0 heterocycles. The Bertz CT molecular complexity index is 830. The van der Waals surface area contributed by atoms with E-state index < -0.39 is 21.0 Å². The number of nitro groups is 1. The van der Waals surface area contributed by atoms with Crippen molar-refractivity contribution in [3.63, 3.8) is 0 Å². The number of sulfonamides is 1. The number of aryl methyl sites for hydroxylation is 2. The molecule has 0 fully saturated rings. The van der Waals surface area contributed by atoms with Gasteiger partial charge in [-0.1, -0.05) is 23.8 Å². The number of nitrogens with zero attached hydrogens (tertiary/aromatic N) is 1. The second-order valence-corrected chi connectivity index (χ2v) is 7.17. The summed E-state index contributed by atoms with van der Waals surface area (Å²) in [6.07, 6.45) is 0. The molecule has 0 saturated heterocycles. The highest BCUT2D eigenvalue weighted by Gasteiger charge is 2.20. The van der Waals surface area contributed by atoms with Crippen LogP contribution in [0, 0.1) is 24.0 Å². The van der Waals surface area contributed by atoms with E-state index in [2.05, 4.69) is 4.72 Å². The molecule has 0 aromatic heterocycles. The van der Waals surface area contributed by atoms with Crippen molar-refractivity contribution in [3.05, 3.63) is 69.3 Å². The third kappa shape index (κ3) is 3.94. The highest BCUT2D eigenvalue weighted by atomic mass is 32.2. The molecule has 0 saturated carbocycles. The minimum absolute atomic E-state index is 0.000237. The van der Waals surface area contributed by atoms with Gasteiger partial charge in [0.15, 0.2) is 0 Å². The zero-order chi connectivity index (χ0) is 17.2. The molecule has 7 heteroatoms. The number of nitrogens with one attached hydrogen (secondary N) is 1. The Labute approximate surface area is 135 Å². The molecule has 1 unspecified atom stereocenters. The number of rotatable bonds is 5. The number of benzene rings is 2. The summed E-state index contributed by atoms with van der Waals surface area (Å²) >= 11 is 0. The third-order valence-corrected chi connectivity index (χ3v) is 5.15. The fraction of sp³-hybridized carbons (Fsp3) is 0.250. The van der Waals surface area contributed by atoms with Crippen LogP contribution < -0.4 is 4.72 Å². The van der Waals surface area contributed by atoms with Gasteiger partial charge in [-0.05, 0) is 44.0 Å². The van der Waals surface area contributed by atoms with Crippen molar-refractivity contribution in [2.24, 2.45) is 0 Å². The Morgan fingerprint density at radius 1 is 1.09 bits per heavy atom. The van der Waals surface area contributed by atoms with Crippen LogP contribution in [0.5, 0.6) is 0 Å². The first kappa shape index (κ1) is 17.1. The maximum absolute atomic E-state index is 12.4. The molecule has 0 bridgehead atoms. The number of non-ortho nitro benzene ring substituents is 1. The summed E-state index contributed by atoms with van der Waals surface area (Å²) in [6, 6.07) is 10.3. The molecule has 6 nitrogen and oxygen atoms in total. The summed E-state index contributed by atoms with van der Waals surface area (Å²) in [6.45, 7) is 5.64. The van der Waals surface area contributed by atoms with Gasteiger partial charge in [0.05, 0.1) is 9.82 Å². The minimum atomic E-state index is -3.75. The average Bonchev–Trinajstić information content (AvgIpc) is 2.49. The van der Waals surface area contributed by atoms with E-state index in [1.54, 1.807) is 6.92 Å². The van der Waals surface area contributed by atoms with Crippen LogP contribution in [0.4, 0.5) is 5.69 Å². The molecular weight excluding hydrogens is 316 g/mol. The topological polar surface area (TPSA) is 89.3 Å². The predicted octanol–water partition coefficient (Wildman–Crippen LogP) is 3.25. The monoisotopic (exact) mass is 334 g/mol. The lowest BCUT2D eigenvalue weighted by Crippen LogP contribution is -2.27. The molecule has 0 aliphatic carbocycles. The zero-order valence-electron chi connectivity index (χ0n) is 13.1. The summed E-state index contributed by atoms with van der Waals surface area (Å²) in [5.74, 6) is 0. The van der Waals surface area contributed by atoms with Gasteiger partial charge in [-0.15, -0.1) is 0 Å². The van der Waals surface area contributed by atoms with Gasteiger partial charge in [-0.2, -0.15) is 0 Å². The van der Waals surface area contributed by atoms with Crippen molar-refractivity contribution >= 4 is 15.7 Å². The van der Waals surface area contributed by atoms with Crippen molar-refractivity contribution in [1.29, 1.82) is 0 Å². The van der Waals surface area contributed by atoms with Crippen molar-refractivity contribution < 1.29 is 13.3 Å². The maximum Gasteiger partial charge on any atom is 0.269 e. The van der Waals surface area contributed by atoms with E-state index >= 15 is 0 Å². The lowest BCUT2D eigenvalue weighted by molar-refractivity contribution is -0.384. The minimum Gasteiger partial charge on any atom is -0.258 e. The first-order chi connectivity index (χ1) is 10.7. The SMILES string of the molecule is Cc1ccc(C)c(C(C)NS(=O)(=O)c2ccc([N+](=O)[O-])cc2)c1. The van der Waals surface area contributed by atoms with E-state index in [0.29, 0.717) is 0 Å². The fourth-order valence-electron chi connectivity index (χ4n) is 2.34. The van der Waals surface area contributed by atoms with Gasteiger partial charge >= 0.3 is 0 Å². The van der Waals surface area contributed by atoms with Crippen LogP contribution in [0.2, 0.25) is 0 Å². The smallest absolute Gasteiger partial charge is 0.258 e. The van der Waals surface area contributed by atoms with Crippen molar-refractivity contribution in [2.75, 3.05) is 0 Å². The lowest BCUT2D eigenvalue weighted by Gasteiger charge is -2.17. The van der Waals surface area contributed by atoms with Gasteiger partial charge in [0.25, 0.3) is 5.69 Å². The van der Waals surface area contributed by atoms with Crippen LogP contribution in [-0.2, 0) is 10.0 Å². The van der Waals surface area contributed by atoms with Gasteiger partial charge < -0.3 is 0 Å². The summed E-state index contributed by atoms with van der Waals surface area (Å²) in [7, 11) is -3.75. The first-order valence-corrected chi connectivity index (χ1v) is 8.53. The second kappa shape index (κ2) is 6.47. The van der Waals surface area contributed by atoms with Crippen LogP contribution in [-0.4, -0.2) is 13.3 Å². The Balaban J connectivity index is 2.26. The molecule has 2 aromatic rings. The number of nitro benzene ring substituents is 1. The van der Waals surface area contributed by atoms with Gasteiger partial charge in [0.2, 0.25) is 10.0 Å². The molecule has 0 spiro atoms. The average molecular weight is 334 g/mol. The molecule has 23 heavy (non-hydrogen) atoms. The van der Waals surface area contributed by atoms with E-state index in [1.165, 1.54) is 24.3 Å². The van der Waals surface area contributed by atoms with E-state index in [1.807, 2.05) is 32.0 Å². The molecule has 0 amide bonds. The zero-order valence-corrected chi connectivity index (χ0v) is 13.9. The van der Waals surface area contributed by atoms with Gasteiger partial charge in [0, 0.05) is 18.2 Å². The van der Waals surface area contributed by atoms with Gasteiger partial charge in [-0.25, -0.2) is 13.1 Å². The summed E-state index contributed by atoms with van der Waals surface area (Å²) in [5, 5.41) is 10.6. The molecule has 0 radical (unpaired) electrons. The molecule has 122 valence electrons. The van der Waals surface area contributed by atoms with E-state index in [4.69, 9.17) is 0 Å². The van der Waals surface area contributed by atoms with Crippen LogP contribution in [0.15, 0.2) is 47.4 Å². The largest absolute Gasteiger partial charge is 0.269 e. The molecule has 1 N–H and O–H groups in total. The Morgan fingerprint density at radius 2 is 1.70 bits per heavy atom. The van der Waals surface area contributed by atoms with Crippen LogP contribution in [0.3, 0.4) is 0 Å². The highest BCUT2D eigenvalue weighted by Crippen LogP contribution is 2.22. The second-order valence-electron chi connectivity index (χ2n) is 5.45. The Morgan fingerprint density at radius 3 is 2.26 bits per heavy atom. The summed E-state index contributed by atoms with van der Waals surface area (Å²) in [4.78, 5) is 10.1. The molecule has 2 aromatic carbocycles. The lowest BCUT2D eigenvalue weighted by atomic mass is 10.0. The normalized spacial score (nSPS) is 12.8. The predicted molar refractivity (Wildman–Crippen MR) is 87.7 cm³/mol. The Hall–Kier alpha value is -2.25. The quantitative estimate of drug-likeness (QED) is 0.671. The molecule has 1 atom stereocenters. The molecule has 0 aliphatic rings. The molecule has 0 aliphatic heterocycles. The molecule has 2 rings (SSSR count). The van der Waals surface area contributed by atoms with E-state index in [-0.39, 0.29) is 10.6 Å². The number of hydrogen-bond donors (Lipinski definition) is 1. The van der Waals surface area contributed by atoms with Crippen molar-refractivity contribution in [1.82, 2.24) is 4.72 Å².